The first-order valence-electron chi connectivity index (χ1n) is 6.76. The minimum atomic E-state index is 0.177. The molecule has 0 saturated carbocycles. The molecule has 0 radical (unpaired) electrons. The number of aromatic nitrogens is 2. The highest BCUT2D eigenvalue weighted by molar-refractivity contribution is 9.10. The average molecular weight is 357 g/mol. The van der Waals surface area contributed by atoms with Gasteiger partial charge >= 0.3 is 0 Å². The van der Waals surface area contributed by atoms with Crippen LogP contribution >= 0.6 is 27.5 Å². The van der Waals surface area contributed by atoms with Crippen LogP contribution in [-0.4, -0.2) is 16.1 Å². The standard InChI is InChI=1S/C15H19BrClN3/c1-3-6-18-14(10-15-19-7-8-20(15)2)12-5-4-11(16)9-13(12)17/h4-5,7-9,14,18H,3,6,10H2,1-2H3. The first kappa shape index (κ1) is 15.5. The Kier molecular flexibility index (Phi) is 5.64. The highest BCUT2D eigenvalue weighted by Crippen LogP contribution is 2.28. The molecule has 2 rings (SSSR count). The van der Waals surface area contributed by atoms with E-state index in [1.54, 1.807) is 0 Å². The van der Waals surface area contributed by atoms with Gasteiger partial charge in [-0.25, -0.2) is 4.98 Å². The lowest BCUT2D eigenvalue weighted by atomic mass is 10.0. The number of hydrogen-bond donors (Lipinski definition) is 1. The molecule has 1 aromatic heterocycles. The Labute approximate surface area is 133 Å². The maximum atomic E-state index is 6.39. The molecule has 0 aliphatic heterocycles. The number of rotatable bonds is 6. The summed E-state index contributed by atoms with van der Waals surface area (Å²) in [5, 5.41) is 4.34. The third-order valence-electron chi connectivity index (χ3n) is 3.29. The molecule has 0 aliphatic carbocycles. The maximum Gasteiger partial charge on any atom is 0.110 e. The molecule has 5 heteroatoms. The summed E-state index contributed by atoms with van der Waals surface area (Å²) in [7, 11) is 2.02. The summed E-state index contributed by atoms with van der Waals surface area (Å²) in [6.07, 6.45) is 5.71. The summed E-state index contributed by atoms with van der Waals surface area (Å²) in [5.41, 5.74) is 1.12. The van der Waals surface area contributed by atoms with Crippen molar-refractivity contribution in [3.8, 4) is 0 Å². The van der Waals surface area contributed by atoms with Crippen LogP contribution in [0.5, 0.6) is 0 Å². The Balaban J connectivity index is 2.24. The van der Waals surface area contributed by atoms with E-state index in [9.17, 15) is 0 Å². The molecule has 0 spiro atoms. The number of imidazole rings is 1. The van der Waals surface area contributed by atoms with Crippen molar-refractivity contribution in [3.05, 3.63) is 51.5 Å². The zero-order valence-electron chi connectivity index (χ0n) is 11.7. The van der Waals surface area contributed by atoms with Gasteiger partial charge in [-0.15, -0.1) is 0 Å². The van der Waals surface area contributed by atoms with Gasteiger partial charge in [0.15, 0.2) is 0 Å². The molecule has 3 nitrogen and oxygen atoms in total. The van der Waals surface area contributed by atoms with E-state index in [-0.39, 0.29) is 6.04 Å². The lowest BCUT2D eigenvalue weighted by molar-refractivity contribution is 0.512. The largest absolute Gasteiger partial charge is 0.338 e. The van der Waals surface area contributed by atoms with Crippen LogP contribution in [0.3, 0.4) is 0 Å². The van der Waals surface area contributed by atoms with Crippen molar-refractivity contribution in [3.63, 3.8) is 0 Å². The molecular weight excluding hydrogens is 338 g/mol. The van der Waals surface area contributed by atoms with Crippen LogP contribution in [0.4, 0.5) is 0 Å². The highest BCUT2D eigenvalue weighted by atomic mass is 79.9. The SMILES string of the molecule is CCCNC(Cc1nccn1C)c1ccc(Br)cc1Cl. The number of benzene rings is 1. The first-order chi connectivity index (χ1) is 9.61. The van der Waals surface area contributed by atoms with Gasteiger partial charge in [-0.05, 0) is 30.7 Å². The Morgan fingerprint density at radius 1 is 1.45 bits per heavy atom. The summed E-state index contributed by atoms with van der Waals surface area (Å²) in [6, 6.07) is 6.22. The number of nitrogens with zero attached hydrogens (tertiary/aromatic N) is 2. The minimum absolute atomic E-state index is 0.177. The molecule has 2 aromatic rings. The van der Waals surface area contributed by atoms with Crippen molar-refractivity contribution < 1.29 is 0 Å². The molecule has 0 saturated heterocycles. The van der Waals surface area contributed by atoms with Crippen LogP contribution in [0.25, 0.3) is 0 Å². The minimum Gasteiger partial charge on any atom is -0.338 e. The van der Waals surface area contributed by atoms with Crippen molar-refractivity contribution in [2.45, 2.75) is 25.8 Å². The Bertz CT molecular complexity index is 568. The van der Waals surface area contributed by atoms with Gasteiger partial charge in [-0.1, -0.05) is 40.5 Å². The van der Waals surface area contributed by atoms with E-state index in [0.29, 0.717) is 0 Å². The molecule has 1 unspecified atom stereocenters. The van der Waals surface area contributed by atoms with Crippen molar-refractivity contribution in [2.24, 2.45) is 7.05 Å². The molecule has 0 amide bonds. The molecule has 1 aromatic carbocycles. The third-order valence-corrected chi connectivity index (χ3v) is 4.11. The Morgan fingerprint density at radius 2 is 2.25 bits per heavy atom. The van der Waals surface area contributed by atoms with Crippen molar-refractivity contribution in [2.75, 3.05) is 6.54 Å². The lowest BCUT2D eigenvalue weighted by Gasteiger charge is -2.20. The van der Waals surface area contributed by atoms with E-state index >= 15 is 0 Å². The van der Waals surface area contributed by atoms with Gasteiger partial charge in [0.25, 0.3) is 0 Å². The monoisotopic (exact) mass is 355 g/mol. The predicted molar refractivity (Wildman–Crippen MR) is 87.1 cm³/mol. The second-order valence-electron chi connectivity index (χ2n) is 4.83. The van der Waals surface area contributed by atoms with E-state index in [1.165, 1.54) is 0 Å². The van der Waals surface area contributed by atoms with E-state index in [4.69, 9.17) is 11.6 Å². The summed E-state index contributed by atoms with van der Waals surface area (Å²) >= 11 is 9.83. The quantitative estimate of drug-likeness (QED) is 0.844. The molecule has 20 heavy (non-hydrogen) atoms. The molecule has 1 N–H and O–H groups in total. The molecule has 0 aliphatic rings. The Morgan fingerprint density at radius 3 is 2.85 bits per heavy atom. The van der Waals surface area contributed by atoms with E-state index < -0.39 is 0 Å². The van der Waals surface area contributed by atoms with Crippen LogP contribution < -0.4 is 5.32 Å². The fourth-order valence-corrected chi connectivity index (χ4v) is 2.98. The van der Waals surface area contributed by atoms with Crippen LogP contribution in [0.2, 0.25) is 5.02 Å². The topological polar surface area (TPSA) is 29.9 Å². The van der Waals surface area contributed by atoms with Crippen LogP contribution in [0, 0.1) is 0 Å². The van der Waals surface area contributed by atoms with Crippen molar-refractivity contribution in [1.29, 1.82) is 0 Å². The van der Waals surface area contributed by atoms with Gasteiger partial charge in [0.1, 0.15) is 5.82 Å². The van der Waals surface area contributed by atoms with Gasteiger partial charge in [-0.3, -0.25) is 0 Å². The van der Waals surface area contributed by atoms with E-state index in [1.807, 2.05) is 36.1 Å². The molecule has 0 fully saturated rings. The van der Waals surface area contributed by atoms with E-state index in [0.717, 1.165) is 40.3 Å². The van der Waals surface area contributed by atoms with Gasteiger partial charge < -0.3 is 9.88 Å². The average Bonchev–Trinajstić information content (AvgIpc) is 2.80. The highest BCUT2D eigenvalue weighted by Gasteiger charge is 2.17. The third kappa shape index (κ3) is 3.84. The summed E-state index contributed by atoms with van der Waals surface area (Å²) < 4.78 is 3.05. The summed E-state index contributed by atoms with van der Waals surface area (Å²) in [6.45, 7) is 3.12. The van der Waals surface area contributed by atoms with Gasteiger partial charge in [0, 0.05) is 41.4 Å². The molecular formula is C15H19BrClN3. The fourth-order valence-electron chi connectivity index (χ4n) is 2.17. The van der Waals surface area contributed by atoms with E-state index in [2.05, 4.69) is 39.2 Å². The lowest BCUT2D eigenvalue weighted by Crippen LogP contribution is -2.25. The zero-order valence-corrected chi connectivity index (χ0v) is 14.1. The molecule has 0 bridgehead atoms. The first-order valence-corrected chi connectivity index (χ1v) is 7.93. The fraction of sp³-hybridized carbons (Fsp3) is 0.400. The molecule has 108 valence electrons. The van der Waals surface area contributed by atoms with Gasteiger partial charge in [0.05, 0.1) is 0 Å². The summed E-state index contributed by atoms with van der Waals surface area (Å²) in [4.78, 5) is 4.41. The van der Waals surface area contributed by atoms with Gasteiger partial charge in [-0.2, -0.15) is 0 Å². The number of nitrogens with one attached hydrogen (secondary N) is 1. The summed E-state index contributed by atoms with van der Waals surface area (Å²) in [5.74, 6) is 1.05. The number of aryl methyl sites for hydroxylation is 1. The van der Waals surface area contributed by atoms with Crippen molar-refractivity contribution >= 4 is 27.5 Å². The molecule has 1 atom stereocenters. The predicted octanol–water partition coefficient (Wildman–Crippen LogP) is 4.12. The van der Waals surface area contributed by atoms with Crippen LogP contribution in [0.1, 0.15) is 30.8 Å². The maximum absolute atomic E-state index is 6.39. The van der Waals surface area contributed by atoms with Crippen LogP contribution in [-0.2, 0) is 13.5 Å². The smallest absolute Gasteiger partial charge is 0.110 e. The number of hydrogen-bond acceptors (Lipinski definition) is 2. The van der Waals surface area contributed by atoms with Crippen molar-refractivity contribution in [1.82, 2.24) is 14.9 Å². The molecule has 1 heterocycles. The second kappa shape index (κ2) is 7.25. The normalized spacial score (nSPS) is 12.6. The van der Waals surface area contributed by atoms with Crippen LogP contribution in [0.15, 0.2) is 35.1 Å². The van der Waals surface area contributed by atoms with Gasteiger partial charge in [0.2, 0.25) is 0 Å². The zero-order chi connectivity index (χ0) is 14.5. The number of halogens is 2. The Hall–Kier alpha value is -0.840. The second-order valence-corrected chi connectivity index (χ2v) is 6.15.